The van der Waals surface area contributed by atoms with Gasteiger partial charge in [0.25, 0.3) is 0 Å². The Morgan fingerprint density at radius 3 is 2.85 bits per heavy atom. The van der Waals surface area contributed by atoms with Crippen LogP contribution in [0.1, 0.15) is 37.7 Å². The van der Waals surface area contributed by atoms with Gasteiger partial charge in [-0.05, 0) is 37.6 Å². The maximum absolute atomic E-state index is 13.2. The molecule has 20 heavy (non-hydrogen) atoms. The van der Waals surface area contributed by atoms with Crippen LogP contribution >= 0.6 is 11.6 Å². The van der Waals surface area contributed by atoms with Gasteiger partial charge >= 0.3 is 0 Å². The average Bonchev–Trinajstić information content (AvgIpc) is 2.89. The van der Waals surface area contributed by atoms with Gasteiger partial charge in [0, 0.05) is 24.0 Å². The van der Waals surface area contributed by atoms with Crippen molar-refractivity contribution in [1.29, 1.82) is 0 Å². The molecule has 0 saturated carbocycles. The van der Waals surface area contributed by atoms with Crippen LogP contribution in [0.4, 0.5) is 4.39 Å². The molecule has 0 aliphatic heterocycles. The van der Waals surface area contributed by atoms with Gasteiger partial charge < -0.3 is 9.88 Å². The highest BCUT2D eigenvalue weighted by molar-refractivity contribution is 6.31. The molecule has 108 valence electrons. The molecule has 0 fully saturated rings. The molecule has 0 saturated heterocycles. The lowest BCUT2D eigenvalue weighted by Crippen LogP contribution is -2.26. The first-order chi connectivity index (χ1) is 9.67. The molecule has 0 radical (unpaired) electrons. The molecule has 0 amide bonds. The van der Waals surface area contributed by atoms with E-state index < -0.39 is 0 Å². The molecule has 5 heteroatoms. The maximum atomic E-state index is 13.2. The van der Waals surface area contributed by atoms with Crippen LogP contribution in [0.15, 0.2) is 30.6 Å². The number of rotatable bonds is 6. The Hall–Kier alpha value is -1.39. The third kappa shape index (κ3) is 3.19. The van der Waals surface area contributed by atoms with E-state index in [1.807, 2.05) is 6.20 Å². The summed E-state index contributed by atoms with van der Waals surface area (Å²) in [5, 5.41) is 3.85. The second-order valence-electron chi connectivity index (χ2n) is 4.62. The van der Waals surface area contributed by atoms with E-state index in [1.54, 1.807) is 12.3 Å². The van der Waals surface area contributed by atoms with Gasteiger partial charge in [-0.1, -0.05) is 24.6 Å². The zero-order valence-corrected chi connectivity index (χ0v) is 12.5. The Kier molecular flexibility index (Phi) is 5.15. The molecular formula is C15H19ClFN3. The monoisotopic (exact) mass is 295 g/mol. The SMILES string of the molecule is CCCNC(c1ccc(F)cc1Cl)c1nccn1CC. The molecule has 1 aromatic heterocycles. The summed E-state index contributed by atoms with van der Waals surface area (Å²) < 4.78 is 15.3. The number of nitrogens with one attached hydrogen (secondary N) is 1. The van der Waals surface area contributed by atoms with Gasteiger partial charge in [-0.2, -0.15) is 0 Å². The number of imidazole rings is 1. The minimum Gasteiger partial charge on any atom is -0.334 e. The Labute approximate surface area is 123 Å². The highest BCUT2D eigenvalue weighted by atomic mass is 35.5. The second-order valence-corrected chi connectivity index (χ2v) is 5.03. The number of aromatic nitrogens is 2. The minimum atomic E-state index is -0.327. The molecule has 1 N–H and O–H groups in total. The molecule has 1 atom stereocenters. The van der Waals surface area contributed by atoms with E-state index in [0.717, 1.165) is 30.9 Å². The topological polar surface area (TPSA) is 29.9 Å². The van der Waals surface area contributed by atoms with Crippen LogP contribution in [0.3, 0.4) is 0 Å². The van der Waals surface area contributed by atoms with Crippen molar-refractivity contribution in [2.24, 2.45) is 0 Å². The van der Waals surface area contributed by atoms with Gasteiger partial charge in [0.05, 0.1) is 6.04 Å². The van der Waals surface area contributed by atoms with Crippen LogP contribution in [0.2, 0.25) is 5.02 Å². The molecule has 0 spiro atoms. The number of benzene rings is 1. The van der Waals surface area contributed by atoms with Crippen LogP contribution in [0.5, 0.6) is 0 Å². The highest BCUT2D eigenvalue weighted by Gasteiger charge is 2.20. The first-order valence-corrected chi connectivity index (χ1v) is 7.24. The van der Waals surface area contributed by atoms with Crippen LogP contribution in [0.25, 0.3) is 0 Å². The van der Waals surface area contributed by atoms with Crippen LogP contribution in [0, 0.1) is 5.82 Å². The fourth-order valence-corrected chi connectivity index (χ4v) is 2.49. The van der Waals surface area contributed by atoms with Gasteiger partial charge in [0.1, 0.15) is 11.6 Å². The van der Waals surface area contributed by atoms with Crippen molar-refractivity contribution in [3.05, 3.63) is 52.8 Å². The van der Waals surface area contributed by atoms with Gasteiger partial charge in [-0.25, -0.2) is 9.37 Å². The molecule has 0 bridgehead atoms. The largest absolute Gasteiger partial charge is 0.334 e. The second kappa shape index (κ2) is 6.86. The Bertz CT molecular complexity index is 568. The van der Waals surface area contributed by atoms with Gasteiger partial charge in [0.15, 0.2) is 0 Å². The fourth-order valence-electron chi connectivity index (χ4n) is 2.21. The molecule has 2 rings (SSSR count). The highest BCUT2D eigenvalue weighted by Crippen LogP contribution is 2.28. The summed E-state index contributed by atoms with van der Waals surface area (Å²) in [4.78, 5) is 4.43. The predicted molar refractivity (Wildman–Crippen MR) is 79.4 cm³/mol. The fraction of sp³-hybridized carbons (Fsp3) is 0.400. The van der Waals surface area contributed by atoms with Gasteiger partial charge in [0.2, 0.25) is 0 Å². The maximum Gasteiger partial charge on any atom is 0.130 e. The molecule has 1 unspecified atom stereocenters. The van der Waals surface area contributed by atoms with E-state index in [9.17, 15) is 4.39 Å². The smallest absolute Gasteiger partial charge is 0.130 e. The van der Waals surface area contributed by atoms with Crippen molar-refractivity contribution in [2.45, 2.75) is 32.9 Å². The molecule has 1 heterocycles. The van der Waals surface area contributed by atoms with Crippen molar-refractivity contribution in [3.8, 4) is 0 Å². The molecule has 0 aliphatic rings. The van der Waals surface area contributed by atoms with E-state index in [2.05, 4.69) is 28.7 Å². The number of halogens is 2. The summed E-state index contributed by atoms with van der Waals surface area (Å²) in [6, 6.07) is 4.37. The van der Waals surface area contributed by atoms with Crippen molar-refractivity contribution in [1.82, 2.24) is 14.9 Å². The Balaban J connectivity index is 2.41. The van der Waals surface area contributed by atoms with E-state index in [1.165, 1.54) is 12.1 Å². The third-order valence-corrected chi connectivity index (χ3v) is 3.55. The number of aryl methyl sites for hydroxylation is 1. The summed E-state index contributed by atoms with van der Waals surface area (Å²) in [5.41, 5.74) is 0.849. The average molecular weight is 296 g/mol. The third-order valence-electron chi connectivity index (χ3n) is 3.22. The van der Waals surface area contributed by atoms with E-state index in [0.29, 0.717) is 5.02 Å². The normalized spacial score (nSPS) is 12.6. The molecule has 1 aromatic carbocycles. The minimum absolute atomic E-state index is 0.127. The lowest BCUT2D eigenvalue weighted by Gasteiger charge is -2.20. The zero-order valence-electron chi connectivity index (χ0n) is 11.7. The summed E-state index contributed by atoms with van der Waals surface area (Å²) in [7, 11) is 0. The van der Waals surface area contributed by atoms with E-state index >= 15 is 0 Å². The zero-order chi connectivity index (χ0) is 14.5. The first kappa shape index (κ1) is 15.0. The quantitative estimate of drug-likeness (QED) is 0.879. The standard InChI is InChI=1S/C15H19ClFN3/c1-3-7-18-14(15-19-8-9-20(15)4-2)12-6-5-11(17)10-13(12)16/h5-6,8-10,14,18H,3-4,7H2,1-2H3. The van der Waals surface area contributed by atoms with Crippen molar-refractivity contribution < 1.29 is 4.39 Å². The molecule has 0 aliphatic carbocycles. The first-order valence-electron chi connectivity index (χ1n) is 6.86. The summed E-state index contributed by atoms with van der Waals surface area (Å²) in [6.45, 7) is 5.84. The Morgan fingerprint density at radius 1 is 1.40 bits per heavy atom. The number of nitrogens with zero attached hydrogens (tertiary/aromatic N) is 2. The van der Waals surface area contributed by atoms with Crippen LogP contribution in [-0.2, 0) is 6.54 Å². The Morgan fingerprint density at radius 2 is 2.20 bits per heavy atom. The summed E-state index contributed by atoms with van der Waals surface area (Å²) in [5.74, 6) is 0.571. The van der Waals surface area contributed by atoms with Gasteiger partial charge in [-0.15, -0.1) is 0 Å². The molecular weight excluding hydrogens is 277 g/mol. The predicted octanol–water partition coefficient (Wildman–Crippen LogP) is 3.78. The summed E-state index contributed by atoms with van der Waals surface area (Å²) in [6.07, 6.45) is 4.71. The summed E-state index contributed by atoms with van der Waals surface area (Å²) >= 11 is 6.20. The van der Waals surface area contributed by atoms with Crippen molar-refractivity contribution in [3.63, 3.8) is 0 Å². The van der Waals surface area contributed by atoms with E-state index in [-0.39, 0.29) is 11.9 Å². The van der Waals surface area contributed by atoms with Crippen LogP contribution in [-0.4, -0.2) is 16.1 Å². The van der Waals surface area contributed by atoms with E-state index in [4.69, 9.17) is 11.6 Å². The lowest BCUT2D eigenvalue weighted by molar-refractivity contribution is 0.540. The molecule has 2 aromatic rings. The van der Waals surface area contributed by atoms with Crippen molar-refractivity contribution in [2.75, 3.05) is 6.54 Å². The van der Waals surface area contributed by atoms with Crippen LogP contribution < -0.4 is 5.32 Å². The van der Waals surface area contributed by atoms with Crippen molar-refractivity contribution >= 4 is 11.6 Å². The molecule has 3 nitrogen and oxygen atoms in total. The number of hydrogen-bond acceptors (Lipinski definition) is 2. The number of hydrogen-bond donors (Lipinski definition) is 1. The lowest BCUT2D eigenvalue weighted by atomic mass is 10.1. The van der Waals surface area contributed by atoms with Gasteiger partial charge in [-0.3, -0.25) is 0 Å².